The molecule has 1 heterocycles. The predicted octanol–water partition coefficient (Wildman–Crippen LogP) is 4.57. The maximum absolute atomic E-state index is 5.69. The van der Waals surface area contributed by atoms with Gasteiger partial charge in [-0.3, -0.25) is 0 Å². The lowest BCUT2D eigenvalue weighted by atomic mass is 10.1. The first kappa shape index (κ1) is 24.5. The van der Waals surface area contributed by atoms with E-state index >= 15 is 0 Å². The van der Waals surface area contributed by atoms with Crippen molar-refractivity contribution >= 4 is 41.0 Å². The number of nitrogens with one attached hydrogen (secondary N) is 2. The molecule has 7 heteroatoms. The number of hydrogen-bond acceptors (Lipinski definition) is 3. The van der Waals surface area contributed by atoms with Crippen molar-refractivity contribution in [1.29, 1.82) is 0 Å². The molecule has 172 valence electrons. The number of aromatic nitrogens is 2. The SMILES string of the molecule is CCNC(=NCc1ccc(Cn2cnc3ccccc32)cc1)NCCCOCC1CC1.I. The summed E-state index contributed by atoms with van der Waals surface area (Å²) >= 11 is 0. The van der Waals surface area contributed by atoms with E-state index in [-0.39, 0.29) is 24.0 Å². The van der Waals surface area contributed by atoms with E-state index in [0.29, 0.717) is 6.54 Å². The number of guanidine groups is 1. The molecular weight excluding hydrogens is 513 g/mol. The Morgan fingerprint density at radius 3 is 2.66 bits per heavy atom. The predicted molar refractivity (Wildman–Crippen MR) is 142 cm³/mol. The first-order valence-electron chi connectivity index (χ1n) is 11.4. The number of benzene rings is 2. The Kier molecular flexibility index (Phi) is 9.80. The number of aliphatic imine (C=N–C) groups is 1. The number of rotatable bonds is 11. The molecule has 1 aliphatic rings. The summed E-state index contributed by atoms with van der Waals surface area (Å²) < 4.78 is 7.88. The number of para-hydroxylation sites is 2. The summed E-state index contributed by atoms with van der Waals surface area (Å²) in [7, 11) is 0. The molecule has 0 aliphatic heterocycles. The van der Waals surface area contributed by atoms with Crippen LogP contribution < -0.4 is 10.6 Å². The zero-order valence-electron chi connectivity index (χ0n) is 18.8. The zero-order valence-corrected chi connectivity index (χ0v) is 21.1. The first-order valence-corrected chi connectivity index (χ1v) is 11.4. The number of ether oxygens (including phenoxy) is 1. The zero-order chi connectivity index (χ0) is 21.3. The van der Waals surface area contributed by atoms with Gasteiger partial charge in [-0.1, -0.05) is 36.4 Å². The van der Waals surface area contributed by atoms with E-state index in [4.69, 9.17) is 9.73 Å². The van der Waals surface area contributed by atoms with Crippen molar-refractivity contribution in [2.24, 2.45) is 10.9 Å². The minimum atomic E-state index is 0. The van der Waals surface area contributed by atoms with Gasteiger partial charge in [0.25, 0.3) is 0 Å². The second-order valence-corrected chi connectivity index (χ2v) is 8.17. The smallest absolute Gasteiger partial charge is 0.191 e. The van der Waals surface area contributed by atoms with Gasteiger partial charge >= 0.3 is 0 Å². The Balaban J connectivity index is 0.00000289. The molecule has 0 amide bonds. The molecule has 1 saturated carbocycles. The molecular formula is C25H34IN5O. The molecule has 1 fully saturated rings. The first-order chi connectivity index (χ1) is 15.3. The fourth-order valence-electron chi connectivity index (χ4n) is 3.51. The molecule has 32 heavy (non-hydrogen) atoms. The minimum Gasteiger partial charge on any atom is -0.381 e. The average Bonchev–Trinajstić information content (AvgIpc) is 3.54. The van der Waals surface area contributed by atoms with Gasteiger partial charge in [0.1, 0.15) is 0 Å². The summed E-state index contributed by atoms with van der Waals surface area (Å²) in [4.78, 5) is 9.20. The molecule has 0 bridgehead atoms. The minimum absolute atomic E-state index is 0. The maximum atomic E-state index is 5.69. The van der Waals surface area contributed by atoms with Gasteiger partial charge in [0.15, 0.2) is 5.96 Å². The standard InChI is InChI=1S/C25H33N5O.HI/c1-2-26-25(27-14-5-15-31-18-22-12-13-22)28-16-20-8-10-21(11-9-20)17-30-19-29-23-6-3-4-7-24(23)30;/h3-4,6-11,19,22H,2,5,12-18H2,1H3,(H2,26,27,28);1H. The van der Waals surface area contributed by atoms with Crippen molar-refractivity contribution in [2.45, 2.75) is 39.3 Å². The van der Waals surface area contributed by atoms with E-state index in [1.165, 1.54) is 24.0 Å². The van der Waals surface area contributed by atoms with Gasteiger partial charge in [0.05, 0.1) is 23.9 Å². The number of hydrogen-bond donors (Lipinski definition) is 2. The third kappa shape index (κ3) is 7.48. The molecule has 1 aromatic heterocycles. The largest absolute Gasteiger partial charge is 0.381 e. The van der Waals surface area contributed by atoms with E-state index in [1.807, 2.05) is 18.5 Å². The lowest BCUT2D eigenvalue weighted by Gasteiger charge is -2.11. The van der Waals surface area contributed by atoms with E-state index in [9.17, 15) is 0 Å². The van der Waals surface area contributed by atoms with Gasteiger partial charge in [0.2, 0.25) is 0 Å². The van der Waals surface area contributed by atoms with Crippen LogP contribution in [0.15, 0.2) is 59.9 Å². The number of halogens is 1. The van der Waals surface area contributed by atoms with Crippen LogP contribution in [0.4, 0.5) is 0 Å². The van der Waals surface area contributed by atoms with Crippen LogP contribution in [0.25, 0.3) is 11.0 Å². The highest BCUT2D eigenvalue weighted by atomic mass is 127. The summed E-state index contributed by atoms with van der Waals surface area (Å²) in [5, 5.41) is 6.72. The highest BCUT2D eigenvalue weighted by Gasteiger charge is 2.20. The van der Waals surface area contributed by atoms with Crippen LogP contribution in [-0.2, 0) is 17.8 Å². The summed E-state index contributed by atoms with van der Waals surface area (Å²) in [5.74, 6) is 1.69. The number of fused-ring (bicyclic) bond motifs is 1. The average molecular weight is 547 g/mol. The Hall–Kier alpha value is -2.13. The monoisotopic (exact) mass is 547 g/mol. The molecule has 4 rings (SSSR count). The molecule has 0 unspecified atom stereocenters. The van der Waals surface area contributed by atoms with Crippen LogP contribution in [0.2, 0.25) is 0 Å². The molecule has 2 aromatic carbocycles. The lowest BCUT2D eigenvalue weighted by molar-refractivity contribution is 0.123. The van der Waals surface area contributed by atoms with E-state index < -0.39 is 0 Å². The highest BCUT2D eigenvalue weighted by Crippen LogP contribution is 2.28. The molecule has 0 radical (unpaired) electrons. The van der Waals surface area contributed by atoms with Gasteiger partial charge < -0.3 is 19.9 Å². The van der Waals surface area contributed by atoms with Crippen LogP contribution in [0.3, 0.4) is 0 Å². The summed E-state index contributed by atoms with van der Waals surface area (Å²) in [6.45, 7) is 7.03. The molecule has 2 N–H and O–H groups in total. The van der Waals surface area contributed by atoms with Crippen molar-refractivity contribution in [3.05, 3.63) is 66.0 Å². The summed E-state index contributed by atoms with van der Waals surface area (Å²) in [5.41, 5.74) is 4.65. The quantitative estimate of drug-likeness (QED) is 0.160. The third-order valence-electron chi connectivity index (χ3n) is 5.48. The molecule has 0 spiro atoms. The van der Waals surface area contributed by atoms with Gasteiger partial charge in [-0.2, -0.15) is 0 Å². The van der Waals surface area contributed by atoms with Crippen molar-refractivity contribution in [3.63, 3.8) is 0 Å². The van der Waals surface area contributed by atoms with Crippen LogP contribution in [0, 0.1) is 5.92 Å². The Labute approximate surface area is 207 Å². The molecule has 6 nitrogen and oxygen atoms in total. The second-order valence-electron chi connectivity index (χ2n) is 8.17. The maximum Gasteiger partial charge on any atom is 0.191 e. The summed E-state index contributed by atoms with van der Waals surface area (Å²) in [6, 6.07) is 16.9. The molecule has 3 aromatic rings. The molecule has 1 aliphatic carbocycles. The fourth-order valence-corrected chi connectivity index (χ4v) is 3.51. The van der Waals surface area contributed by atoms with E-state index in [0.717, 1.165) is 62.2 Å². The lowest BCUT2D eigenvalue weighted by Crippen LogP contribution is -2.38. The Morgan fingerprint density at radius 2 is 1.88 bits per heavy atom. The van der Waals surface area contributed by atoms with Crippen molar-refractivity contribution < 1.29 is 4.74 Å². The van der Waals surface area contributed by atoms with Gasteiger partial charge in [-0.05, 0) is 55.4 Å². The Morgan fingerprint density at radius 1 is 1.09 bits per heavy atom. The van der Waals surface area contributed by atoms with Crippen LogP contribution in [0.1, 0.15) is 37.3 Å². The van der Waals surface area contributed by atoms with Crippen molar-refractivity contribution in [2.75, 3.05) is 26.3 Å². The summed E-state index contributed by atoms with van der Waals surface area (Å²) in [6.07, 6.45) is 5.59. The van der Waals surface area contributed by atoms with Crippen LogP contribution in [0.5, 0.6) is 0 Å². The van der Waals surface area contributed by atoms with Crippen molar-refractivity contribution in [3.8, 4) is 0 Å². The molecule has 0 atom stereocenters. The Bertz CT molecular complexity index is 981. The third-order valence-corrected chi connectivity index (χ3v) is 5.48. The van der Waals surface area contributed by atoms with Gasteiger partial charge in [0, 0.05) is 32.8 Å². The van der Waals surface area contributed by atoms with Crippen molar-refractivity contribution in [1.82, 2.24) is 20.2 Å². The van der Waals surface area contributed by atoms with Crippen LogP contribution in [-0.4, -0.2) is 41.8 Å². The highest BCUT2D eigenvalue weighted by molar-refractivity contribution is 14.0. The normalized spacial score (nSPS) is 13.7. The number of imidazole rings is 1. The van der Waals surface area contributed by atoms with Crippen LogP contribution >= 0.6 is 24.0 Å². The fraction of sp³-hybridized carbons (Fsp3) is 0.440. The number of nitrogens with zero attached hydrogens (tertiary/aromatic N) is 3. The molecule has 0 saturated heterocycles. The van der Waals surface area contributed by atoms with E-state index in [1.54, 1.807) is 0 Å². The second kappa shape index (κ2) is 12.8. The van der Waals surface area contributed by atoms with Gasteiger partial charge in [-0.15, -0.1) is 24.0 Å². The van der Waals surface area contributed by atoms with Gasteiger partial charge in [-0.25, -0.2) is 9.98 Å². The van der Waals surface area contributed by atoms with E-state index in [2.05, 4.69) is 63.5 Å². The topological polar surface area (TPSA) is 63.5 Å².